The van der Waals surface area contributed by atoms with Crippen LogP contribution >= 0.6 is 0 Å². The molecule has 0 spiro atoms. The molecule has 0 bridgehead atoms. The van der Waals surface area contributed by atoms with Crippen LogP contribution in [0.1, 0.15) is 19.8 Å². The van der Waals surface area contributed by atoms with Gasteiger partial charge in [-0.25, -0.2) is 0 Å². The van der Waals surface area contributed by atoms with Crippen molar-refractivity contribution in [2.45, 2.75) is 19.8 Å². The lowest BCUT2D eigenvalue weighted by molar-refractivity contribution is 0.0807. The summed E-state index contributed by atoms with van der Waals surface area (Å²) in [5.41, 5.74) is 0. The van der Waals surface area contributed by atoms with Crippen molar-refractivity contribution in [2.75, 3.05) is 13.2 Å². The first-order chi connectivity index (χ1) is 4.43. The Bertz CT molecular complexity index is 123. The van der Waals surface area contributed by atoms with Crippen LogP contribution in [0.2, 0.25) is 0 Å². The first-order valence-corrected chi connectivity index (χ1v) is 3.43. The van der Waals surface area contributed by atoms with E-state index in [0.717, 1.165) is 26.1 Å². The maximum Gasteiger partial charge on any atom is 0.0477 e. The van der Waals surface area contributed by atoms with Crippen molar-refractivity contribution in [1.82, 2.24) is 0 Å². The highest BCUT2D eigenvalue weighted by Crippen LogP contribution is 2.12. The number of ether oxygens (including phenoxy) is 1. The highest BCUT2D eigenvalue weighted by molar-refractivity contribution is 5.01. The Morgan fingerprint density at radius 2 is 2.00 bits per heavy atom. The Kier molecular flexibility index (Phi) is 2.60. The van der Waals surface area contributed by atoms with Gasteiger partial charge in [0.1, 0.15) is 0 Å². The summed E-state index contributed by atoms with van der Waals surface area (Å²) in [5.74, 6) is 6.70. The second-order valence-electron chi connectivity index (χ2n) is 2.28. The zero-order valence-corrected chi connectivity index (χ0v) is 5.81. The van der Waals surface area contributed by atoms with Crippen molar-refractivity contribution >= 4 is 0 Å². The molecule has 1 nitrogen and oxygen atoms in total. The first-order valence-electron chi connectivity index (χ1n) is 3.43. The molecule has 0 aromatic carbocycles. The van der Waals surface area contributed by atoms with Crippen LogP contribution in [0.4, 0.5) is 0 Å². The average Bonchev–Trinajstić information content (AvgIpc) is 1.91. The number of hydrogen-bond acceptors (Lipinski definition) is 1. The maximum atomic E-state index is 5.18. The molecule has 1 aliphatic rings. The molecule has 1 aliphatic heterocycles. The molecule has 1 saturated heterocycles. The first kappa shape index (κ1) is 6.64. The predicted molar refractivity (Wildman–Crippen MR) is 37.0 cm³/mol. The molecule has 0 amide bonds. The zero-order valence-electron chi connectivity index (χ0n) is 5.81. The van der Waals surface area contributed by atoms with Gasteiger partial charge in [-0.1, -0.05) is 0 Å². The minimum atomic E-state index is 0.615. The highest BCUT2D eigenvalue weighted by atomic mass is 16.5. The Morgan fingerprint density at radius 3 is 2.56 bits per heavy atom. The molecule has 1 heterocycles. The van der Waals surface area contributed by atoms with E-state index in [1.54, 1.807) is 0 Å². The second-order valence-corrected chi connectivity index (χ2v) is 2.28. The van der Waals surface area contributed by atoms with E-state index >= 15 is 0 Å². The monoisotopic (exact) mass is 124 g/mol. The van der Waals surface area contributed by atoms with Crippen molar-refractivity contribution in [3.8, 4) is 11.8 Å². The van der Waals surface area contributed by atoms with Crippen LogP contribution in [0.5, 0.6) is 0 Å². The van der Waals surface area contributed by atoms with Crippen molar-refractivity contribution in [1.29, 1.82) is 0 Å². The van der Waals surface area contributed by atoms with Crippen LogP contribution in [-0.4, -0.2) is 13.2 Å². The Morgan fingerprint density at radius 1 is 1.33 bits per heavy atom. The molecule has 1 heteroatoms. The zero-order chi connectivity index (χ0) is 6.53. The van der Waals surface area contributed by atoms with E-state index in [4.69, 9.17) is 4.74 Å². The molecule has 0 aliphatic carbocycles. The fourth-order valence-corrected chi connectivity index (χ4v) is 1.05. The standard InChI is InChI=1S/C8H12O/c1-2-3-8-4-6-9-7-5-8/h8H,4-7H2,1H3. The summed E-state index contributed by atoms with van der Waals surface area (Å²) in [6.45, 7) is 3.70. The molecule has 0 saturated carbocycles. The predicted octanol–water partition coefficient (Wildman–Crippen LogP) is 1.44. The molecule has 0 atom stereocenters. The van der Waals surface area contributed by atoms with Crippen LogP contribution in [0, 0.1) is 17.8 Å². The molecule has 0 unspecified atom stereocenters. The smallest absolute Gasteiger partial charge is 0.0477 e. The quantitative estimate of drug-likeness (QED) is 0.444. The lowest BCUT2D eigenvalue weighted by Crippen LogP contribution is -2.13. The van der Waals surface area contributed by atoms with E-state index in [2.05, 4.69) is 11.8 Å². The van der Waals surface area contributed by atoms with Crippen LogP contribution in [-0.2, 0) is 4.74 Å². The van der Waals surface area contributed by atoms with Gasteiger partial charge in [-0.15, -0.1) is 11.8 Å². The van der Waals surface area contributed by atoms with Gasteiger partial charge in [0.25, 0.3) is 0 Å². The van der Waals surface area contributed by atoms with Gasteiger partial charge in [0, 0.05) is 19.1 Å². The van der Waals surface area contributed by atoms with Crippen molar-refractivity contribution in [3.63, 3.8) is 0 Å². The molecule has 0 aromatic rings. The Hall–Kier alpha value is -0.480. The third kappa shape index (κ3) is 2.07. The third-order valence-corrected chi connectivity index (χ3v) is 1.57. The molecule has 0 N–H and O–H groups in total. The van der Waals surface area contributed by atoms with Gasteiger partial charge < -0.3 is 4.74 Å². The summed E-state index contributed by atoms with van der Waals surface area (Å²) >= 11 is 0. The third-order valence-electron chi connectivity index (χ3n) is 1.57. The fourth-order valence-electron chi connectivity index (χ4n) is 1.05. The summed E-state index contributed by atoms with van der Waals surface area (Å²) in [6, 6.07) is 0. The topological polar surface area (TPSA) is 9.23 Å². The molecule has 0 radical (unpaired) electrons. The summed E-state index contributed by atoms with van der Waals surface area (Å²) < 4.78 is 5.18. The van der Waals surface area contributed by atoms with Gasteiger partial charge in [0.15, 0.2) is 0 Å². The van der Waals surface area contributed by atoms with Crippen LogP contribution in [0.15, 0.2) is 0 Å². The van der Waals surface area contributed by atoms with Gasteiger partial charge in [-0.05, 0) is 19.8 Å². The lowest BCUT2D eigenvalue weighted by Gasteiger charge is -2.16. The van der Waals surface area contributed by atoms with E-state index in [1.165, 1.54) is 0 Å². The second kappa shape index (κ2) is 3.53. The molecular formula is C8H12O. The van der Waals surface area contributed by atoms with E-state index in [1.807, 2.05) is 6.92 Å². The minimum Gasteiger partial charge on any atom is -0.381 e. The normalized spacial score (nSPS) is 20.6. The van der Waals surface area contributed by atoms with Crippen molar-refractivity contribution in [2.24, 2.45) is 5.92 Å². The van der Waals surface area contributed by atoms with E-state index in [0.29, 0.717) is 5.92 Å². The van der Waals surface area contributed by atoms with Gasteiger partial charge in [-0.2, -0.15) is 0 Å². The number of rotatable bonds is 0. The van der Waals surface area contributed by atoms with Crippen LogP contribution in [0.25, 0.3) is 0 Å². The van der Waals surface area contributed by atoms with Gasteiger partial charge >= 0.3 is 0 Å². The maximum absolute atomic E-state index is 5.18. The van der Waals surface area contributed by atoms with Gasteiger partial charge in [0.05, 0.1) is 0 Å². The van der Waals surface area contributed by atoms with Gasteiger partial charge in [-0.3, -0.25) is 0 Å². The molecule has 9 heavy (non-hydrogen) atoms. The largest absolute Gasteiger partial charge is 0.381 e. The molecule has 1 fully saturated rings. The van der Waals surface area contributed by atoms with E-state index < -0.39 is 0 Å². The van der Waals surface area contributed by atoms with Crippen LogP contribution in [0.3, 0.4) is 0 Å². The molecular weight excluding hydrogens is 112 g/mol. The SMILES string of the molecule is CC#CC1CCOCC1. The average molecular weight is 124 g/mol. The molecule has 1 rings (SSSR count). The molecule has 0 aromatic heterocycles. The van der Waals surface area contributed by atoms with E-state index in [-0.39, 0.29) is 0 Å². The van der Waals surface area contributed by atoms with Gasteiger partial charge in [0.2, 0.25) is 0 Å². The lowest BCUT2D eigenvalue weighted by atomic mass is 10.0. The Labute approximate surface area is 56.4 Å². The van der Waals surface area contributed by atoms with E-state index in [9.17, 15) is 0 Å². The molecule has 50 valence electrons. The highest BCUT2D eigenvalue weighted by Gasteiger charge is 2.09. The minimum absolute atomic E-state index is 0.615. The van der Waals surface area contributed by atoms with Crippen molar-refractivity contribution in [3.05, 3.63) is 0 Å². The van der Waals surface area contributed by atoms with Crippen LogP contribution < -0.4 is 0 Å². The summed E-state index contributed by atoms with van der Waals surface area (Å²) in [7, 11) is 0. The summed E-state index contributed by atoms with van der Waals surface area (Å²) in [6.07, 6.45) is 2.25. The van der Waals surface area contributed by atoms with Crippen molar-refractivity contribution < 1.29 is 4.74 Å². The number of hydrogen-bond donors (Lipinski definition) is 0. The fraction of sp³-hybridized carbons (Fsp3) is 0.750. The summed E-state index contributed by atoms with van der Waals surface area (Å²) in [5, 5.41) is 0. The Balaban J connectivity index is 2.28. The summed E-state index contributed by atoms with van der Waals surface area (Å²) in [4.78, 5) is 0.